The molecule has 1 aliphatic heterocycles. The fraction of sp³-hybridized carbons (Fsp3) is 0.174. The molecule has 4 rings (SSSR count). The molecule has 3 aromatic carbocycles. The predicted octanol–water partition coefficient (Wildman–Crippen LogP) is 3.48. The SMILES string of the molecule is Cc1ccc(C(=O)NCCN2C(=O)c3cc4ccccc4cc3C2=O)cc1C. The summed E-state index contributed by atoms with van der Waals surface area (Å²) in [6.07, 6.45) is 0. The van der Waals surface area contributed by atoms with Crippen molar-refractivity contribution in [2.45, 2.75) is 13.8 Å². The molecule has 28 heavy (non-hydrogen) atoms. The lowest BCUT2D eigenvalue weighted by Crippen LogP contribution is -2.38. The lowest BCUT2D eigenvalue weighted by molar-refractivity contribution is 0.0650. The van der Waals surface area contributed by atoms with Crippen molar-refractivity contribution in [1.82, 2.24) is 10.2 Å². The average Bonchev–Trinajstić information content (AvgIpc) is 2.92. The zero-order chi connectivity index (χ0) is 19.8. The van der Waals surface area contributed by atoms with E-state index in [1.54, 1.807) is 18.2 Å². The van der Waals surface area contributed by atoms with Crippen LogP contribution >= 0.6 is 0 Å². The third-order valence-corrected chi connectivity index (χ3v) is 5.23. The zero-order valence-electron chi connectivity index (χ0n) is 15.8. The number of amides is 3. The maximum absolute atomic E-state index is 12.7. The summed E-state index contributed by atoms with van der Waals surface area (Å²) in [4.78, 5) is 38.9. The van der Waals surface area contributed by atoms with Crippen LogP contribution in [0.1, 0.15) is 42.2 Å². The molecule has 0 saturated heterocycles. The number of nitrogens with zero attached hydrogens (tertiary/aromatic N) is 1. The molecule has 1 N–H and O–H groups in total. The molecule has 1 aliphatic rings. The van der Waals surface area contributed by atoms with Gasteiger partial charge in [-0.1, -0.05) is 30.3 Å². The van der Waals surface area contributed by atoms with Gasteiger partial charge in [0.15, 0.2) is 0 Å². The predicted molar refractivity (Wildman–Crippen MR) is 108 cm³/mol. The van der Waals surface area contributed by atoms with Crippen LogP contribution in [0, 0.1) is 13.8 Å². The Kier molecular flexibility index (Phi) is 4.43. The van der Waals surface area contributed by atoms with Crippen LogP contribution in [0.25, 0.3) is 10.8 Å². The fourth-order valence-electron chi connectivity index (χ4n) is 3.45. The third-order valence-electron chi connectivity index (χ3n) is 5.23. The molecule has 0 spiro atoms. The second-order valence-corrected chi connectivity index (χ2v) is 7.06. The Labute approximate surface area is 163 Å². The molecule has 0 fully saturated rings. The van der Waals surface area contributed by atoms with Gasteiger partial charge in [0.2, 0.25) is 0 Å². The van der Waals surface area contributed by atoms with Crippen LogP contribution in [-0.2, 0) is 0 Å². The largest absolute Gasteiger partial charge is 0.350 e. The summed E-state index contributed by atoms with van der Waals surface area (Å²) in [5, 5.41) is 4.63. The first-order chi connectivity index (χ1) is 13.5. The number of carbonyl (C=O) groups excluding carboxylic acids is 3. The van der Waals surface area contributed by atoms with Crippen molar-refractivity contribution in [3.05, 3.63) is 82.4 Å². The summed E-state index contributed by atoms with van der Waals surface area (Å²) in [6, 6.07) is 16.7. The minimum Gasteiger partial charge on any atom is -0.350 e. The van der Waals surface area contributed by atoms with Gasteiger partial charge in [-0.25, -0.2) is 0 Å². The van der Waals surface area contributed by atoms with E-state index in [1.165, 1.54) is 4.90 Å². The van der Waals surface area contributed by atoms with Gasteiger partial charge in [-0.2, -0.15) is 0 Å². The second-order valence-electron chi connectivity index (χ2n) is 7.06. The maximum Gasteiger partial charge on any atom is 0.261 e. The van der Waals surface area contributed by atoms with Gasteiger partial charge in [0.05, 0.1) is 11.1 Å². The summed E-state index contributed by atoms with van der Waals surface area (Å²) >= 11 is 0. The van der Waals surface area contributed by atoms with Crippen molar-refractivity contribution in [3.8, 4) is 0 Å². The number of hydrogen-bond donors (Lipinski definition) is 1. The molecule has 0 saturated carbocycles. The summed E-state index contributed by atoms with van der Waals surface area (Å²) in [5.74, 6) is -0.845. The molecular weight excluding hydrogens is 352 g/mol. The van der Waals surface area contributed by atoms with E-state index in [-0.39, 0.29) is 30.8 Å². The Morgan fingerprint density at radius 3 is 2.04 bits per heavy atom. The van der Waals surface area contributed by atoms with E-state index in [2.05, 4.69) is 5.32 Å². The minimum absolute atomic E-state index is 0.138. The molecule has 140 valence electrons. The number of rotatable bonds is 4. The number of benzene rings is 3. The Morgan fingerprint density at radius 2 is 1.46 bits per heavy atom. The summed E-state index contributed by atoms with van der Waals surface area (Å²) < 4.78 is 0. The molecule has 0 aromatic heterocycles. The summed E-state index contributed by atoms with van der Waals surface area (Å²) in [5.41, 5.74) is 3.57. The van der Waals surface area contributed by atoms with Gasteiger partial charge in [0, 0.05) is 18.7 Å². The van der Waals surface area contributed by atoms with Crippen molar-refractivity contribution in [2.24, 2.45) is 0 Å². The highest BCUT2D eigenvalue weighted by Crippen LogP contribution is 2.27. The molecule has 0 atom stereocenters. The number of aryl methyl sites for hydroxylation is 2. The van der Waals surface area contributed by atoms with Gasteiger partial charge in [0.1, 0.15) is 0 Å². The summed E-state index contributed by atoms with van der Waals surface area (Å²) in [6.45, 7) is 4.29. The van der Waals surface area contributed by atoms with E-state index in [0.29, 0.717) is 16.7 Å². The molecule has 5 nitrogen and oxygen atoms in total. The molecule has 0 radical (unpaired) electrons. The monoisotopic (exact) mass is 372 g/mol. The first-order valence-electron chi connectivity index (χ1n) is 9.20. The first kappa shape index (κ1) is 17.9. The quantitative estimate of drug-likeness (QED) is 0.713. The van der Waals surface area contributed by atoms with Crippen LogP contribution in [0.3, 0.4) is 0 Å². The van der Waals surface area contributed by atoms with Crippen molar-refractivity contribution < 1.29 is 14.4 Å². The maximum atomic E-state index is 12.7. The molecule has 3 aromatic rings. The third kappa shape index (κ3) is 3.05. The second kappa shape index (κ2) is 6.93. The van der Waals surface area contributed by atoms with Crippen LogP contribution < -0.4 is 5.32 Å². The molecule has 0 unspecified atom stereocenters. The van der Waals surface area contributed by atoms with E-state index in [4.69, 9.17) is 0 Å². The molecule has 5 heteroatoms. The Hall–Kier alpha value is -3.47. The average molecular weight is 372 g/mol. The lowest BCUT2D eigenvalue weighted by Gasteiger charge is -2.14. The van der Waals surface area contributed by atoms with Gasteiger partial charge in [-0.15, -0.1) is 0 Å². The van der Waals surface area contributed by atoms with E-state index < -0.39 is 0 Å². The number of fused-ring (bicyclic) bond motifs is 2. The van der Waals surface area contributed by atoms with Crippen LogP contribution in [0.15, 0.2) is 54.6 Å². The smallest absolute Gasteiger partial charge is 0.261 e. The molecule has 3 amide bonds. The Balaban J connectivity index is 1.46. The van der Waals surface area contributed by atoms with E-state index in [9.17, 15) is 14.4 Å². The number of hydrogen-bond acceptors (Lipinski definition) is 3. The van der Waals surface area contributed by atoms with Crippen molar-refractivity contribution in [1.29, 1.82) is 0 Å². The van der Waals surface area contributed by atoms with Crippen molar-refractivity contribution in [3.63, 3.8) is 0 Å². The first-order valence-corrected chi connectivity index (χ1v) is 9.20. The standard InChI is InChI=1S/C23H20N2O3/c1-14-7-8-18(11-15(14)2)21(26)24-9-10-25-22(27)19-12-16-5-3-4-6-17(16)13-20(19)23(25)28/h3-8,11-13H,9-10H2,1-2H3,(H,24,26). The molecule has 0 bridgehead atoms. The normalized spacial score (nSPS) is 13.1. The Bertz CT molecular complexity index is 1080. The van der Waals surface area contributed by atoms with Crippen molar-refractivity contribution >= 4 is 28.5 Å². The highest BCUT2D eigenvalue weighted by molar-refractivity contribution is 6.23. The highest BCUT2D eigenvalue weighted by atomic mass is 16.2. The molecular formula is C23H20N2O3. The topological polar surface area (TPSA) is 66.5 Å². The van der Waals surface area contributed by atoms with E-state index in [1.807, 2.05) is 50.2 Å². The molecule has 1 heterocycles. The van der Waals surface area contributed by atoms with Crippen LogP contribution in [-0.4, -0.2) is 35.7 Å². The lowest BCUT2D eigenvalue weighted by atomic mass is 10.0. The van der Waals surface area contributed by atoms with Crippen LogP contribution in [0.4, 0.5) is 0 Å². The van der Waals surface area contributed by atoms with E-state index >= 15 is 0 Å². The highest BCUT2D eigenvalue weighted by Gasteiger charge is 2.35. The van der Waals surface area contributed by atoms with Crippen LogP contribution in [0.5, 0.6) is 0 Å². The van der Waals surface area contributed by atoms with Crippen LogP contribution in [0.2, 0.25) is 0 Å². The minimum atomic E-state index is -0.314. The number of nitrogens with one attached hydrogen (secondary N) is 1. The zero-order valence-corrected chi connectivity index (χ0v) is 15.8. The van der Waals surface area contributed by atoms with Gasteiger partial charge in [-0.05, 0) is 60.0 Å². The number of carbonyl (C=O) groups is 3. The molecule has 0 aliphatic carbocycles. The van der Waals surface area contributed by atoms with E-state index in [0.717, 1.165) is 21.9 Å². The Morgan fingerprint density at radius 1 is 0.857 bits per heavy atom. The van der Waals surface area contributed by atoms with Gasteiger partial charge in [0.25, 0.3) is 17.7 Å². The summed E-state index contributed by atoms with van der Waals surface area (Å²) in [7, 11) is 0. The van der Waals surface area contributed by atoms with Gasteiger partial charge in [-0.3, -0.25) is 19.3 Å². The number of imide groups is 1. The van der Waals surface area contributed by atoms with Gasteiger partial charge < -0.3 is 5.32 Å². The van der Waals surface area contributed by atoms with Gasteiger partial charge >= 0.3 is 0 Å². The van der Waals surface area contributed by atoms with Crippen molar-refractivity contribution in [2.75, 3.05) is 13.1 Å². The fourth-order valence-corrected chi connectivity index (χ4v) is 3.45.